The summed E-state index contributed by atoms with van der Waals surface area (Å²) in [6.45, 7) is 7.33. The SMILES string of the molecule is COCC1CC(C)(C)N2C1c1cc(OCCCOC3COC3)ccc1-c1cc(=O)c(C(=O)O)cn12. The van der Waals surface area contributed by atoms with Gasteiger partial charge in [0.05, 0.1) is 50.3 Å². The molecular formula is C26H32N2O7. The molecule has 2 unspecified atom stereocenters. The smallest absolute Gasteiger partial charge is 0.341 e. The molecule has 1 aromatic carbocycles. The Kier molecular flexibility index (Phi) is 6.33. The van der Waals surface area contributed by atoms with Crippen LogP contribution in [0.4, 0.5) is 0 Å². The Morgan fingerprint density at radius 3 is 2.71 bits per heavy atom. The molecule has 2 aromatic rings. The number of carboxylic acids is 1. The third-order valence-corrected chi connectivity index (χ3v) is 7.10. The van der Waals surface area contributed by atoms with Crippen LogP contribution in [0.1, 0.15) is 48.7 Å². The van der Waals surface area contributed by atoms with Crippen LogP contribution < -0.4 is 15.2 Å². The Bertz CT molecular complexity index is 1170. The number of ether oxygens (including phenoxy) is 4. The maximum Gasteiger partial charge on any atom is 0.341 e. The monoisotopic (exact) mass is 484 g/mol. The summed E-state index contributed by atoms with van der Waals surface area (Å²) in [5, 5.41) is 11.8. The third-order valence-electron chi connectivity index (χ3n) is 7.10. The molecule has 5 rings (SSSR count). The number of methoxy groups -OCH3 is 1. The number of aromatic carboxylic acids is 1. The second-order valence-corrected chi connectivity index (χ2v) is 10.1. The first-order valence-corrected chi connectivity index (χ1v) is 12.0. The quantitative estimate of drug-likeness (QED) is 0.543. The van der Waals surface area contributed by atoms with E-state index in [1.54, 1.807) is 7.11 Å². The molecule has 9 nitrogen and oxygen atoms in total. The van der Waals surface area contributed by atoms with Crippen LogP contribution in [-0.4, -0.2) is 67.5 Å². The summed E-state index contributed by atoms with van der Waals surface area (Å²) in [6.07, 6.45) is 3.30. The van der Waals surface area contributed by atoms with Crippen molar-refractivity contribution >= 4 is 5.97 Å². The van der Waals surface area contributed by atoms with Crippen molar-refractivity contribution < 1.29 is 28.8 Å². The van der Waals surface area contributed by atoms with Gasteiger partial charge in [-0.3, -0.25) is 14.5 Å². The molecule has 35 heavy (non-hydrogen) atoms. The molecule has 188 valence electrons. The molecule has 0 spiro atoms. The number of hydrogen-bond acceptors (Lipinski definition) is 7. The number of carbonyl (C=O) groups is 1. The van der Waals surface area contributed by atoms with Gasteiger partial charge in [-0.1, -0.05) is 0 Å². The molecule has 4 heterocycles. The van der Waals surface area contributed by atoms with Crippen LogP contribution in [0.15, 0.2) is 35.3 Å². The molecule has 1 N–H and O–H groups in total. The van der Waals surface area contributed by atoms with Gasteiger partial charge in [0.1, 0.15) is 17.4 Å². The van der Waals surface area contributed by atoms with E-state index < -0.39 is 11.4 Å². The van der Waals surface area contributed by atoms with E-state index >= 15 is 0 Å². The number of rotatable bonds is 9. The molecule has 9 heteroatoms. The van der Waals surface area contributed by atoms with Gasteiger partial charge >= 0.3 is 5.97 Å². The topological polar surface area (TPSA) is 99.5 Å². The summed E-state index contributed by atoms with van der Waals surface area (Å²) in [6, 6.07) is 7.30. The molecular weight excluding hydrogens is 452 g/mol. The predicted octanol–water partition coefficient (Wildman–Crippen LogP) is 2.84. The molecule has 2 saturated heterocycles. The molecule has 1 aromatic heterocycles. The number of nitrogens with zero attached hydrogens (tertiary/aromatic N) is 2. The standard InChI is InChI=1S/C26H32N2O7/c1-26(2)11-16(13-32-3)24-20-9-17(34-7-4-8-35-18-14-33-15-18)5-6-19(20)22-10-23(29)21(25(30)31)12-27(22)28(24)26/h5-6,9-10,12,16,18,24H,4,7-8,11,13-15H2,1-3H3,(H,30,31). The number of fused-ring (bicyclic) bond motifs is 6. The van der Waals surface area contributed by atoms with Gasteiger partial charge in [-0.25, -0.2) is 4.79 Å². The van der Waals surface area contributed by atoms with Crippen LogP contribution in [-0.2, 0) is 14.2 Å². The van der Waals surface area contributed by atoms with Crippen molar-refractivity contribution in [1.82, 2.24) is 4.68 Å². The first-order valence-electron chi connectivity index (χ1n) is 12.0. The average Bonchev–Trinajstić information content (AvgIpc) is 3.05. The molecule has 0 saturated carbocycles. The summed E-state index contributed by atoms with van der Waals surface area (Å²) in [5.74, 6) is -0.284. The highest BCUT2D eigenvalue weighted by atomic mass is 16.6. The van der Waals surface area contributed by atoms with Gasteiger partial charge in [-0.2, -0.15) is 0 Å². The fraction of sp³-hybridized carbons (Fsp3) is 0.538. The minimum atomic E-state index is -1.23. The number of pyridine rings is 1. The van der Waals surface area contributed by atoms with Crippen molar-refractivity contribution in [1.29, 1.82) is 0 Å². The number of aromatic nitrogens is 1. The van der Waals surface area contributed by atoms with Crippen LogP contribution in [0.3, 0.4) is 0 Å². The lowest BCUT2D eigenvalue weighted by Crippen LogP contribution is -2.50. The Hall–Kier alpha value is -2.88. The average molecular weight is 485 g/mol. The summed E-state index contributed by atoms with van der Waals surface area (Å²) in [4.78, 5) is 24.4. The molecule has 0 bridgehead atoms. The lowest BCUT2D eigenvalue weighted by Gasteiger charge is -2.45. The van der Waals surface area contributed by atoms with Crippen molar-refractivity contribution in [2.45, 2.75) is 44.4 Å². The third kappa shape index (κ3) is 4.32. The van der Waals surface area contributed by atoms with Crippen LogP contribution in [0.5, 0.6) is 5.75 Å². The van der Waals surface area contributed by atoms with Gasteiger partial charge in [0.15, 0.2) is 5.43 Å². The fourth-order valence-corrected chi connectivity index (χ4v) is 5.58. The lowest BCUT2D eigenvalue weighted by molar-refractivity contribution is -0.130. The van der Waals surface area contributed by atoms with Gasteiger partial charge in [0.25, 0.3) is 0 Å². The lowest BCUT2D eigenvalue weighted by atomic mass is 9.87. The molecule has 0 amide bonds. The molecule has 3 aliphatic rings. The van der Waals surface area contributed by atoms with Crippen LogP contribution in [0.2, 0.25) is 0 Å². The second kappa shape index (κ2) is 9.29. The Labute approximate surface area is 204 Å². The second-order valence-electron chi connectivity index (χ2n) is 10.1. The molecule has 0 radical (unpaired) electrons. The fourth-order valence-electron chi connectivity index (χ4n) is 5.58. The van der Waals surface area contributed by atoms with Crippen molar-refractivity contribution in [2.75, 3.05) is 45.2 Å². The van der Waals surface area contributed by atoms with Gasteiger partial charge in [0.2, 0.25) is 0 Å². The number of carboxylic acid groups (broad SMARTS) is 1. The summed E-state index contributed by atoms with van der Waals surface area (Å²) >= 11 is 0. The largest absolute Gasteiger partial charge is 0.493 e. The minimum Gasteiger partial charge on any atom is -0.493 e. The van der Waals surface area contributed by atoms with E-state index in [1.165, 1.54) is 12.3 Å². The highest BCUT2D eigenvalue weighted by Crippen LogP contribution is 2.51. The van der Waals surface area contributed by atoms with Gasteiger partial charge < -0.3 is 24.1 Å². The van der Waals surface area contributed by atoms with Crippen LogP contribution in [0.25, 0.3) is 11.3 Å². The Balaban J connectivity index is 1.49. The van der Waals surface area contributed by atoms with E-state index in [-0.39, 0.29) is 29.2 Å². The van der Waals surface area contributed by atoms with Crippen molar-refractivity contribution in [3.8, 4) is 17.0 Å². The minimum absolute atomic E-state index is 0.0536. The number of benzene rings is 1. The number of hydrogen-bond donors (Lipinski definition) is 1. The van der Waals surface area contributed by atoms with Crippen molar-refractivity contribution in [3.63, 3.8) is 0 Å². The maximum atomic E-state index is 12.6. The maximum absolute atomic E-state index is 12.6. The van der Waals surface area contributed by atoms with Crippen molar-refractivity contribution in [3.05, 3.63) is 51.8 Å². The van der Waals surface area contributed by atoms with Gasteiger partial charge in [-0.15, -0.1) is 0 Å². The summed E-state index contributed by atoms with van der Waals surface area (Å²) in [7, 11) is 1.70. The summed E-state index contributed by atoms with van der Waals surface area (Å²) < 4.78 is 24.3. The van der Waals surface area contributed by atoms with Crippen LogP contribution >= 0.6 is 0 Å². The van der Waals surface area contributed by atoms with E-state index in [0.717, 1.165) is 29.7 Å². The first kappa shape index (κ1) is 23.8. The molecule has 0 aliphatic carbocycles. The highest BCUT2D eigenvalue weighted by Gasteiger charge is 2.50. The summed E-state index contributed by atoms with van der Waals surface area (Å²) in [5.41, 5.74) is 1.61. The van der Waals surface area contributed by atoms with E-state index in [4.69, 9.17) is 18.9 Å². The molecule has 2 fully saturated rings. The van der Waals surface area contributed by atoms with Gasteiger partial charge in [0, 0.05) is 37.3 Å². The van der Waals surface area contributed by atoms with Crippen LogP contribution in [0, 0.1) is 5.92 Å². The highest BCUT2D eigenvalue weighted by molar-refractivity contribution is 5.88. The van der Waals surface area contributed by atoms with E-state index in [9.17, 15) is 14.7 Å². The molecule has 3 aliphatic heterocycles. The van der Waals surface area contributed by atoms with Crippen molar-refractivity contribution in [2.24, 2.45) is 5.92 Å². The van der Waals surface area contributed by atoms with E-state index in [2.05, 4.69) is 24.9 Å². The zero-order valence-electron chi connectivity index (χ0n) is 20.4. The Morgan fingerprint density at radius 1 is 1.23 bits per heavy atom. The van der Waals surface area contributed by atoms with Gasteiger partial charge in [-0.05, 0) is 44.0 Å². The van der Waals surface area contributed by atoms with E-state index in [0.29, 0.717) is 38.7 Å². The van der Waals surface area contributed by atoms with E-state index in [1.807, 2.05) is 16.8 Å². The molecule has 2 atom stereocenters. The first-order chi connectivity index (χ1) is 16.8. The zero-order valence-corrected chi connectivity index (χ0v) is 20.4. The predicted molar refractivity (Wildman–Crippen MR) is 129 cm³/mol. The zero-order chi connectivity index (χ0) is 24.7. The normalized spacial score (nSPS) is 22.2. The Morgan fingerprint density at radius 2 is 2.03 bits per heavy atom.